The fourth-order valence-corrected chi connectivity index (χ4v) is 4.97. The van der Waals surface area contributed by atoms with Gasteiger partial charge in [-0.25, -0.2) is 13.6 Å². The van der Waals surface area contributed by atoms with Crippen LogP contribution in [0.4, 0.5) is 20.2 Å². The lowest BCUT2D eigenvalue weighted by Crippen LogP contribution is -2.26. The monoisotopic (exact) mass is 468 g/mol. The summed E-state index contributed by atoms with van der Waals surface area (Å²) in [6.07, 6.45) is 3.32. The minimum Gasteiger partial charge on any atom is -0.477 e. The maximum Gasteiger partial charge on any atom is 0.341 e. The lowest BCUT2D eigenvalue weighted by atomic mass is 9.97. The largest absolute Gasteiger partial charge is 0.477 e. The van der Waals surface area contributed by atoms with Crippen molar-refractivity contribution in [3.05, 3.63) is 69.0 Å². The summed E-state index contributed by atoms with van der Waals surface area (Å²) in [4.78, 5) is 26.0. The highest BCUT2D eigenvalue weighted by Crippen LogP contribution is 2.43. The Kier molecular flexibility index (Phi) is 5.51. The Balaban J connectivity index is 1.58. The van der Waals surface area contributed by atoms with Crippen LogP contribution in [-0.4, -0.2) is 35.8 Å². The summed E-state index contributed by atoms with van der Waals surface area (Å²) < 4.78 is 32.9. The maximum absolute atomic E-state index is 15.9. The number of nitrogens with one attached hydrogen (secondary N) is 1. The van der Waals surface area contributed by atoms with E-state index in [1.807, 2.05) is 31.3 Å². The average molecular weight is 469 g/mol. The number of halogens is 2. The standard InChI is InChI=1S/C25H26F2N4O3/c1-29-10-13-2-4-14(5-3-13)15-8-9-30(11-15)23-19(26)21(28)18-22(20(23)27)31(16-6-7-16)12-17(24(18)32)25(33)34/h2-5,12,15-16,29H,6-11,28H2,1H3,(H,33,34). The number of anilines is 2. The quantitative estimate of drug-likeness (QED) is 0.478. The lowest BCUT2D eigenvalue weighted by molar-refractivity contribution is 0.0695. The Morgan fingerprint density at radius 2 is 1.88 bits per heavy atom. The molecule has 2 heterocycles. The van der Waals surface area contributed by atoms with Gasteiger partial charge in [0.05, 0.1) is 16.6 Å². The number of aromatic carboxylic acids is 1. The van der Waals surface area contributed by atoms with Crippen molar-refractivity contribution in [2.75, 3.05) is 30.8 Å². The first-order chi connectivity index (χ1) is 16.3. The number of fused-ring (bicyclic) bond motifs is 1. The van der Waals surface area contributed by atoms with Crippen LogP contribution >= 0.6 is 0 Å². The summed E-state index contributed by atoms with van der Waals surface area (Å²) in [6.45, 7) is 1.60. The molecule has 7 nitrogen and oxygen atoms in total. The second-order valence-electron chi connectivity index (χ2n) is 9.13. The van der Waals surface area contributed by atoms with Crippen molar-refractivity contribution in [2.24, 2.45) is 0 Å². The molecular weight excluding hydrogens is 442 g/mol. The van der Waals surface area contributed by atoms with Crippen molar-refractivity contribution < 1.29 is 18.7 Å². The predicted octanol–water partition coefficient (Wildman–Crippen LogP) is 3.61. The van der Waals surface area contributed by atoms with Gasteiger partial charge in [0.2, 0.25) is 5.43 Å². The van der Waals surface area contributed by atoms with Crippen LogP contribution in [0, 0.1) is 11.6 Å². The molecule has 9 heteroatoms. The van der Waals surface area contributed by atoms with Gasteiger partial charge < -0.3 is 25.6 Å². The highest BCUT2D eigenvalue weighted by atomic mass is 19.1. The zero-order valence-electron chi connectivity index (χ0n) is 18.8. The molecule has 1 atom stereocenters. The van der Waals surface area contributed by atoms with Gasteiger partial charge in [-0.05, 0) is 37.4 Å². The molecule has 2 aliphatic rings. The Bertz CT molecular complexity index is 1350. The summed E-state index contributed by atoms with van der Waals surface area (Å²) in [7, 11) is 1.88. The van der Waals surface area contributed by atoms with Crippen molar-refractivity contribution in [3.63, 3.8) is 0 Å². The molecule has 0 radical (unpaired) electrons. The third-order valence-corrected chi connectivity index (χ3v) is 6.87. The van der Waals surface area contributed by atoms with E-state index in [9.17, 15) is 14.7 Å². The second kappa shape index (κ2) is 8.39. The number of benzene rings is 2. The van der Waals surface area contributed by atoms with Crippen molar-refractivity contribution in [2.45, 2.75) is 37.8 Å². The summed E-state index contributed by atoms with van der Waals surface area (Å²) in [5.41, 5.74) is 5.88. The van der Waals surface area contributed by atoms with Crippen molar-refractivity contribution in [1.82, 2.24) is 9.88 Å². The lowest BCUT2D eigenvalue weighted by Gasteiger charge is -2.24. The molecule has 0 spiro atoms. The molecule has 1 aliphatic heterocycles. The Labute approximate surface area is 194 Å². The van der Waals surface area contributed by atoms with Crippen LogP contribution in [0.1, 0.15) is 52.7 Å². The molecular formula is C25H26F2N4O3. The number of nitrogen functional groups attached to an aromatic ring is 1. The minimum absolute atomic E-state index is 0.0966. The Morgan fingerprint density at radius 1 is 1.18 bits per heavy atom. The average Bonchev–Trinajstić information content (AvgIpc) is 3.55. The van der Waals surface area contributed by atoms with E-state index >= 15 is 8.78 Å². The molecule has 2 fully saturated rings. The van der Waals surface area contributed by atoms with E-state index in [0.29, 0.717) is 13.1 Å². The van der Waals surface area contributed by atoms with Crippen LogP contribution in [0.2, 0.25) is 0 Å². The maximum atomic E-state index is 15.9. The summed E-state index contributed by atoms with van der Waals surface area (Å²) in [5.74, 6) is -3.24. The van der Waals surface area contributed by atoms with Crippen LogP contribution in [0.5, 0.6) is 0 Å². The van der Waals surface area contributed by atoms with Gasteiger partial charge in [0, 0.05) is 37.8 Å². The van der Waals surface area contributed by atoms with E-state index in [0.717, 1.165) is 43.1 Å². The van der Waals surface area contributed by atoms with Crippen molar-refractivity contribution in [1.29, 1.82) is 0 Å². The number of carbonyl (C=O) groups is 1. The Morgan fingerprint density at radius 3 is 2.50 bits per heavy atom. The summed E-state index contributed by atoms with van der Waals surface area (Å²) >= 11 is 0. The molecule has 2 aromatic carbocycles. The molecule has 3 aromatic rings. The molecule has 5 rings (SSSR count). The first-order valence-corrected chi connectivity index (χ1v) is 11.4. The van der Waals surface area contributed by atoms with Crippen LogP contribution in [0.3, 0.4) is 0 Å². The van der Waals surface area contributed by atoms with Crippen molar-refractivity contribution >= 4 is 28.2 Å². The molecule has 1 saturated carbocycles. The third-order valence-electron chi connectivity index (χ3n) is 6.87. The SMILES string of the molecule is CNCc1ccc(C2CCN(c3c(F)c(N)c4c(=O)c(C(=O)O)cn(C5CC5)c4c3F)C2)cc1. The molecule has 1 unspecified atom stereocenters. The number of carboxylic acid groups (broad SMARTS) is 1. The minimum atomic E-state index is -1.45. The van der Waals surface area contributed by atoms with E-state index in [4.69, 9.17) is 5.73 Å². The predicted molar refractivity (Wildman–Crippen MR) is 127 cm³/mol. The molecule has 0 amide bonds. The zero-order chi connectivity index (χ0) is 24.1. The third kappa shape index (κ3) is 3.60. The number of pyridine rings is 1. The van der Waals surface area contributed by atoms with Crippen molar-refractivity contribution in [3.8, 4) is 0 Å². The molecule has 1 aromatic heterocycles. The summed E-state index contributed by atoms with van der Waals surface area (Å²) in [6, 6.07) is 8.02. The normalized spacial score (nSPS) is 18.1. The highest BCUT2D eigenvalue weighted by Gasteiger charge is 2.35. The number of carboxylic acids is 1. The first kappa shape index (κ1) is 22.3. The van der Waals surface area contributed by atoms with Crippen LogP contribution in [-0.2, 0) is 6.54 Å². The van der Waals surface area contributed by atoms with Crippen LogP contribution < -0.4 is 21.4 Å². The second-order valence-corrected chi connectivity index (χ2v) is 9.13. The van der Waals surface area contributed by atoms with Gasteiger partial charge in [0.1, 0.15) is 11.3 Å². The molecule has 34 heavy (non-hydrogen) atoms. The Hall–Kier alpha value is -3.46. The van der Waals surface area contributed by atoms with Crippen LogP contribution in [0.15, 0.2) is 35.3 Å². The van der Waals surface area contributed by atoms with Gasteiger partial charge in [0.15, 0.2) is 11.6 Å². The van der Waals surface area contributed by atoms with Gasteiger partial charge in [-0.1, -0.05) is 24.3 Å². The van der Waals surface area contributed by atoms with E-state index in [1.54, 1.807) is 4.90 Å². The number of rotatable bonds is 6. The molecule has 0 bridgehead atoms. The number of hydrogen-bond donors (Lipinski definition) is 3. The van der Waals surface area contributed by atoms with Gasteiger partial charge in [-0.15, -0.1) is 0 Å². The van der Waals surface area contributed by atoms with E-state index < -0.39 is 39.7 Å². The van der Waals surface area contributed by atoms with Gasteiger partial charge >= 0.3 is 5.97 Å². The van der Waals surface area contributed by atoms with Gasteiger partial charge in [-0.3, -0.25) is 4.79 Å². The molecule has 1 saturated heterocycles. The van der Waals surface area contributed by atoms with E-state index in [2.05, 4.69) is 5.32 Å². The number of nitrogens with two attached hydrogens (primary N) is 1. The molecule has 178 valence electrons. The zero-order valence-corrected chi connectivity index (χ0v) is 18.8. The number of nitrogens with zero attached hydrogens (tertiary/aromatic N) is 2. The van der Waals surface area contributed by atoms with Gasteiger partial charge in [-0.2, -0.15) is 0 Å². The first-order valence-electron chi connectivity index (χ1n) is 11.4. The van der Waals surface area contributed by atoms with E-state index in [1.165, 1.54) is 4.57 Å². The summed E-state index contributed by atoms with van der Waals surface area (Å²) in [5, 5.41) is 12.1. The molecule has 1 aliphatic carbocycles. The molecule has 4 N–H and O–H groups in total. The number of aromatic nitrogens is 1. The fourth-order valence-electron chi connectivity index (χ4n) is 4.97. The number of hydrogen-bond acceptors (Lipinski definition) is 5. The highest BCUT2D eigenvalue weighted by molar-refractivity contribution is 5.99. The van der Waals surface area contributed by atoms with E-state index in [-0.39, 0.29) is 23.2 Å². The van der Waals surface area contributed by atoms with Crippen LogP contribution in [0.25, 0.3) is 10.9 Å². The topological polar surface area (TPSA) is 101 Å². The fraction of sp³-hybridized carbons (Fsp3) is 0.360. The smallest absolute Gasteiger partial charge is 0.341 e. The van der Waals surface area contributed by atoms with Gasteiger partial charge in [0.25, 0.3) is 0 Å².